The van der Waals surface area contributed by atoms with Crippen LogP contribution in [0.4, 0.5) is 0 Å². The summed E-state index contributed by atoms with van der Waals surface area (Å²) in [5, 5.41) is 0. The molecule has 0 bridgehead atoms. The van der Waals surface area contributed by atoms with Gasteiger partial charge in [-0.3, -0.25) is 4.79 Å². The summed E-state index contributed by atoms with van der Waals surface area (Å²) in [6.45, 7) is 0.767. The van der Waals surface area contributed by atoms with Gasteiger partial charge in [-0.1, -0.05) is 36.4 Å². The minimum atomic E-state index is -0.381. The molecule has 0 spiro atoms. The zero-order valence-electron chi connectivity index (χ0n) is 16.0. The number of fused-ring (bicyclic) bond motifs is 4. The maximum Gasteiger partial charge on any atom is 0.178 e. The predicted molar refractivity (Wildman–Crippen MR) is 107 cm³/mol. The van der Waals surface area contributed by atoms with Crippen molar-refractivity contribution in [1.82, 2.24) is 0 Å². The summed E-state index contributed by atoms with van der Waals surface area (Å²) in [6.07, 6.45) is -0.361. The van der Waals surface area contributed by atoms with Crippen LogP contribution in [0.5, 0.6) is 23.0 Å². The van der Waals surface area contributed by atoms with Gasteiger partial charge < -0.3 is 18.9 Å². The van der Waals surface area contributed by atoms with Gasteiger partial charge in [0.05, 0.1) is 18.6 Å². The van der Waals surface area contributed by atoms with Crippen molar-refractivity contribution in [3.8, 4) is 23.0 Å². The standard InChI is InChI=1S/C24H20O5/c1-26-16-7-9-18-20(11-16)28-14-22-23(18)24(25)19-10-8-17(12-21(19)29-22)27-13-15-5-3-2-4-6-15/h2-12,22-23H,13-14H2,1H3/t22-,23+/m1/s1. The van der Waals surface area contributed by atoms with Gasteiger partial charge in [0.1, 0.15) is 42.3 Å². The highest BCUT2D eigenvalue weighted by atomic mass is 16.5. The van der Waals surface area contributed by atoms with Crippen molar-refractivity contribution in [1.29, 1.82) is 0 Å². The number of ketones is 1. The molecule has 29 heavy (non-hydrogen) atoms. The minimum absolute atomic E-state index is 0.0422. The van der Waals surface area contributed by atoms with Crippen LogP contribution in [0.3, 0.4) is 0 Å². The first-order chi connectivity index (χ1) is 14.2. The summed E-state index contributed by atoms with van der Waals surface area (Å²) in [5.41, 5.74) is 2.49. The third-order valence-electron chi connectivity index (χ3n) is 5.36. The first kappa shape index (κ1) is 17.6. The van der Waals surface area contributed by atoms with E-state index in [1.54, 1.807) is 19.2 Å². The molecule has 0 saturated carbocycles. The zero-order chi connectivity index (χ0) is 19.8. The van der Waals surface area contributed by atoms with Gasteiger partial charge in [0.2, 0.25) is 0 Å². The summed E-state index contributed by atoms with van der Waals surface area (Å²) in [4.78, 5) is 13.3. The average Bonchev–Trinajstić information content (AvgIpc) is 2.77. The quantitative estimate of drug-likeness (QED) is 0.663. The first-order valence-electron chi connectivity index (χ1n) is 9.55. The molecule has 5 heteroatoms. The second kappa shape index (κ2) is 7.17. The van der Waals surface area contributed by atoms with Crippen molar-refractivity contribution in [2.75, 3.05) is 13.7 Å². The highest BCUT2D eigenvalue weighted by Gasteiger charge is 2.43. The fourth-order valence-electron chi connectivity index (χ4n) is 3.87. The smallest absolute Gasteiger partial charge is 0.178 e. The predicted octanol–water partition coefficient (Wildman–Crippen LogP) is 4.39. The molecule has 3 aromatic carbocycles. The number of Topliss-reactive ketones (excluding diaryl/α,β-unsaturated/α-hetero) is 1. The van der Waals surface area contributed by atoms with Gasteiger partial charge in [-0.2, -0.15) is 0 Å². The second-order valence-electron chi connectivity index (χ2n) is 7.15. The molecule has 2 aliphatic heterocycles. The Morgan fingerprint density at radius 3 is 2.59 bits per heavy atom. The number of hydrogen-bond acceptors (Lipinski definition) is 5. The molecular formula is C24H20O5. The lowest BCUT2D eigenvalue weighted by molar-refractivity contribution is 0.0558. The molecule has 2 atom stereocenters. The van der Waals surface area contributed by atoms with E-state index in [0.29, 0.717) is 41.8 Å². The molecule has 0 unspecified atom stereocenters. The van der Waals surface area contributed by atoms with Crippen molar-refractivity contribution in [2.45, 2.75) is 18.6 Å². The fraction of sp³-hybridized carbons (Fsp3) is 0.208. The molecule has 0 amide bonds. The molecule has 2 aliphatic rings. The van der Waals surface area contributed by atoms with Gasteiger partial charge in [0.15, 0.2) is 5.78 Å². The largest absolute Gasteiger partial charge is 0.497 e. The number of benzene rings is 3. The molecule has 2 heterocycles. The molecule has 0 aliphatic carbocycles. The van der Waals surface area contributed by atoms with Crippen LogP contribution in [0.1, 0.15) is 27.4 Å². The van der Waals surface area contributed by atoms with E-state index < -0.39 is 0 Å². The maximum atomic E-state index is 13.3. The Balaban J connectivity index is 1.41. The molecular weight excluding hydrogens is 368 g/mol. The van der Waals surface area contributed by atoms with E-state index in [4.69, 9.17) is 18.9 Å². The van der Waals surface area contributed by atoms with E-state index in [0.717, 1.165) is 11.1 Å². The number of ether oxygens (including phenoxy) is 4. The molecule has 5 rings (SSSR count). The van der Waals surface area contributed by atoms with Crippen LogP contribution in [0.25, 0.3) is 0 Å². The normalized spacial score (nSPS) is 19.1. The zero-order valence-corrected chi connectivity index (χ0v) is 16.0. The summed E-state index contributed by atoms with van der Waals surface area (Å²) in [6, 6.07) is 20.9. The summed E-state index contributed by atoms with van der Waals surface area (Å²) >= 11 is 0. The number of carbonyl (C=O) groups excluding carboxylic acids is 1. The lowest BCUT2D eigenvalue weighted by Crippen LogP contribution is -2.42. The van der Waals surface area contributed by atoms with Crippen molar-refractivity contribution < 1.29 is 23.7 Å². The van der Waals surface area contributed by atoms with E-state index in [-0.39, 0.29) is 17.8 Å². The Morgan fingerprint density at radius 2 is 1.76 bits per heavy atom. The van der Waals surface area contributed by atoms with E-state index in [1.165, 1.54) is 0 Å². The van der Waals surface area contributed by atoms with Crippen LogP contribution in [0, 0.1) is 0 Å². The van der Waals surface area contributed by atoms with Crippen molar-refractivity contribution in [2.24, 2.45) is 0 Å². The van der Waals surface area contributed by atoms with E-state index in [2.05, 4.69) is 0 Å². The van der Waals surface area contributed by atoms with Gasteiger partial charge in [0.25, 0.3) is 0 Å². The molecule has 0 saturated heterocycles. The van der Waals surface area contributed by atoms with Crippen molar-refractivity contribution in [3.63, 3.8) is 0 Å². The monoisotopic (exact) mass is 388 g/mol. The first-order valence-corrected chi connectivity index (χ1v) is 9.55. The Hall–Kier alpha value is -3.47. The van der Waals surface area contributed by atoms with Crippen molar-refractivity contribution in [3.05, 3.63) is 83.4 Å². The highest BCUT2D eigenvalue weighted by molar-refractivity contribution is 6.05. The minimum Gasteiger partial charge on any atom is -0.497 e. The van der Waals surface area contributed by atoms with Gasteiger partial charge in [-0.25, -0.2) is 0 Å². The summed E-state index contributed by atoms with van der Waals surface area (Å²) < 4.78 is 23.1. The number of hydrogen-bond donors (Lipinski definition) is 0. The highest BCUT2D eigenvalue weighted by Crippen LogP contribution is 2.44. The molecule has 0 fully saturated rings. The van der Waals surface area contributed by atoms with Gasteiger partial charge in [-0.05, 0) is 23.8 Å². The molecule has 5 nitrogen and oxygen atoms in total. The maximum absolute atomic E-state index is 13.3. The Labute approximate surface area is 168 Å². The van der Waals surface area contributed by atoms with E-state index in [1.807, 2.05) is 54.6 Å². The summed E-state index contributed by atoms with van der Waals surface area (Å²) in [7, 11) is 1.61. The lowest BCUT2D eigenvalue weighted by atomic mass is 9.82. The van der Waals surface area contributed by atoms with Crippen LogP contribution < -0.4 is 18.9 Å². The molecule has 3 aromatic rings. The van der Waals surface area contributed by atoms with Gasteiger partial charge in [0, 0.05) is 17.7 Å². The van der Waals surface area contributed by atoms with E-state index >= 15 is 0 Å². The Bertz CT molecular complexity index is 1060. The van der Waals surface area contributed by atoms with Crippen LogP contribution >= 0.6 is 0 Å². The third-order valence-corrected chi connectivity index (χ3v) is 5.36. The van der Waals surface area contributed by atoms with Crippen LogP contribution in [-0.2, 0) is 6.61 Å². The number of methoxy groups -OCH3 is 1. The SMILES string of the molecule is COc1ccc2c(c1)OC[C@H]1Oc3cc(OCc4ccccc4)ccc3C(=O)[C@@H]21. The topological polar surface area (TPSA) is 54.0 Å². The van der Waals surface area contributed by atoms with Crippen LogP contribution in [-0.4, -0.2) is 25.6 Å². The van der Waals surface area contributed by atoms with Crippen molar-refractivity contribution >= 4 is 5.78 Å². The average molecular weight is 388 g/mol. The van der Waals surface area contributed by atoms with E-state index in [9.17, 15) is 4.79 Å². The number of rotatable bonds is 4. The fourth-order valence-corrected chi connectivity index (χ4v) is 3.87. The van der Waals surface area contributed by atoms with Gasteiger partial charge >= 0.3 is 0 Å². The Morgan fingerprint density at radius 1 is 0.966 bits per heavy atom. The Kier molecular flexibility index (Phi) is 4.35. The molecule has 146 valence electrons. The third kappa shape index (κ3) is 3.18. The van der Waals surface area contributed by atoms with Gasteiger partial charge in [-0.15, -0.1) is 0 Å². The van der Waals surface area contributed by atoms with Crippen LogP contribution in [0.15, 0.2) is 66.7 Å². The van der Waals surface area contributed by atoms with Crippen LogP contribution in [0.2, 0.25) is 0 Å². The number of carbonyl (C=O) groups is 1. The molecule has 0 N–H and O–H groups in total. The summed E-state index contributed by atoms with van der Waals surface area (Å²) in [5.74, 6) is 2.25. The molecule has 0 radical (unpaired) electrons. The molecule has 0 aromatic heterocycles. The lowest BCUT2D eigenvalue weighted by Gasteiger charge is -2.37. The second-order valence-corrected chi connectivity index (χ2v) is 7.15.